The summed E-state index contributed by atoms with van der Waals surface area (Å²) in [6.07, 6.45) is 15.1. The number of anilines is 2. The Morgan fingerprint density at radius 2 is 2.02 bits per heavy atom. The molecule has 1 unspecified atom stereocenters. The van der Waals surface area contributed by atoms with Gasteiger partial charge in [-0.15, -0.1) is 6.42 Å². The molecule has 0 saturated carbocycles. The number of likely N-dealkylation sites (tertiary alicyclic amines) is 1. The highest BCUT2D eigenvalue weighted by molar-refractivity contribution is 5.92. The first kappa shape index (κ1) is 35.9. The molecule has 1 aliphatic heterocycles. The van der Waals surface area contributed by atoms with Crippen molar-refractivity contribution in [2.24, 2.45) is 5.73 Å². The molecule has 1 fully saturated rings. The van der Waals surface area contributed by atoms with Crippen LogP contribution in [0.5, 0.6) is 5.75 Å². The molecule has 5 N–H and O–H groups in total. The lowest BCUT2D eigenvalue weighted by atomic mass is 10.0. The summed E-state index contributed by atoms with van der Waals surface area (Å²) in [6.45, 7) is 1.79. The number of primary amides is 1. The second-order valence-corrected chi connectivity index (χ2v) is 11.4. The van der Waals surface area contributed by atoms with E-state index in [9.17, 15) is 14.4 Å². The average molecular weight is 630 g/mol. The highest BCUT2D eigenvalue weighted by Gasteiger charge is 2.27. The van der Waals surface area contributed by atoms with Gasteiger partial charge in [-0.1, -0.05) is 31.2 Å². The Morgan fingerprint density at radius 1 is 1.20 bits per heavy atom. The van der Waals surface area contributed by atoms with Gasteiger partial charge >= 0.3 is 0 Å². The third kappa shape index (κ3) is 11.1. The third-order valence-corrected chi connectivity index (χ3v) is 7.98. The van der Waals surface area contributed by atoms with Crippen molar-refractivity contribution >= 4 is 40.5 Å². The Morgan fingerprint density at radius 3 is 2.72 bits per heavy atom. The Hall–Kier alpha value is -4.53. The standard InChI is InChI=1S/C20H20N4O.C15H27N3O3/c1-4-14-6-5-7-16(10-14)24-20-17-11-15(8-9-21-2)19(25-3)12-18(17)22-13-23-20;1-18-10-6-5-8-13(18)15(21)17-12(11-19)7-3-2-4-9-14(16)20/h1,5-7,10-13,21H,8-9H2,2-3H3,(H,22,23,24);11-13H,2-10H2,1H3,(H2,16,20)(H,17,21)/t;12-,13?/m.0/s1. The maximum Gasteiger partial charge on any atom is 0.237 e. The number of nitrogens with one attached hydrogen (secondary N) is 3. The van der Waals surface area contributed by atoms with Gasteiger partial charge in [-0.2, -0.15) is 0 Å². The minimum Gasteiger partial charge on any atom is -0.496 e. The number of terminal acetylenes is 1. The van der Waals surface area contributed by atoms with Gasteiger partial charge in [0.2, 0.25) is 11.8 Å². The van der Waals surface area contributed by atoms with Crippen molar-refractivity contribution < 1.29 is 19.1 Å². The van der Waals surface area contributed by atoms with Crippen LogP contribution < -0.4 is 26.4 Å². The summed E-state index contributed by atoms with van der Waals surface area (Å²) in [6, 6.07) is 11.2. The highest BCUT2D eigenvalue weighted by Crippen LogP contribution is 2.30. The van der Waals surface area contributed by atoms with Gasteiger partial charge in [-0.3, -0.25) is 14.5 Å². The van der Waals surface area contributed by atoms with Crippen molar-refractivity contribution in [2.45, 2.75) is 69.9 Å². The lowest BCUT2D eigenvalue weighted by Gasteiger charge is -2.31. The molecule has 246 valence electrons. The molecule has 0 spiro atoms. The molecule has 11 nitrogen and oxygen atoms in total. The highest BCUT2D eigenvalue weighted by atomic mass is 16.5. The van der Waals surface area contributed by atoms with Crippen LogP contribution in [0.25, 0.3) is 10.9 Å². The Balaban J connectivity index is 0.000000255. The molecular formula is C35H47N7O4. The number of hydrogen-bond acceptors (Lipinski definition) is 9. The summed E-state index contributed by atoms with van der Waals surface area (Å²) in [5.74, 6) is 3.87. The maximum atomic E-state index is 12.2. The van der Waals surface area contributed by atoms with Crippen molar-refractivity contribution in [2.75, 3.05) is 39.6 Å². The molecule has 1 saturated heterocycles. The van der Waals surface area contributed by atoms with E-state index in [4.69, 9.17) is 16.9 Å². The van der Waals surface area contributed by atoms with Gasteiger partial charge in [0.1, 0.15) is 24.2 Å². The number of fused-ring (bicyclic) bond motifs is 1. The minimum atomic E-state index is -0.429. The number of nitrogens with zero attached hydrogens (tertiary/aromatic N) is 3. The molecule has 0 aliphatic carbocycles. The van der Waals surface area contributed by atoms with Crippen LogP contribution in [-0.2, 0) is 20.8 Å². The van der Waals surface area contributed by atoms with Crippen molar-refractivity contribution in [3.63, 3.8) is 0 Å². The molecule has 2 amide bonds. The van der Waals surface area contributed by atoms with Crippen molar-refractivity contribution in [3.05, 3.63) is 53.9 Å². The number of piperidine rings is 1. The number of aromatic nitrogens is 2. The van der Waals surface area contributed by atoms with Gasteiger partial charge in [0, 0.05) is 29.1 Å². The molecule has 11 heteroatoms. The average Bonchev–Trinajstić information content (AvgIpc) is 3.06. The van der Waals surface area contributed by atoms with Crippen LogP contribution in [0.2, 0.25) is 0 Å². The topological polar surface area (TPSA) is 152 Å². The van der Waals surface area contributed by atoms with Crippen LogP contribution in [0.4, 0.5) is 11.5 Å². The van der Waals surface area contributed by atoms with Gasteiger partial charge < -0.3 is 31.2 Å². The molecule has 2 atom stereocenters. The van der Waals surface area contributed by atoms with E-state index in [0.717, 1.165) is 104 Å². The summed E-state index contributed by atoms with van der Waals surface area (Å²) in [5.41, 5.74) is 8.72. The molecule has 3 aromatic rings. The zero-order valence-corrected chi connectivity index (χ0v) is 27.2. The largest absolute Gasteiger partial charge is 0.496 e. The van der Waals surface area contributed by atoms with Crippen LogP contribution in [0.15, 0.2) is 42.7 Å². The van der Waals surface area contributed by atoms with Crippen LogP contribution in [0, 0.1) is 12.3 Å². The number of amides is 2. The predicted octanol–water partition coefficient (Wildman–Crippen LogP) is 3.72. The van der Waals surface area contributed by atoms with Gasteiger partial charge in [0.05, 0.1) is 24.7 Å². The molecule has 2 aromatic carbocycles. The summed E-state index contributed by atoms with van der Waals surface area (Å²) < 4.78 is 5.51. The Bertz CT molecular complexity index is 1490. The van der Waals surface area contributed by atoms with Crippen molar-refractivity contribution in [3.8, 4) is 18.1 Å². The number of carbonyl (C=O) groups excluding carboxylic acids is 3. The van der Waals surface area contributed by atoms with E-state index in [0.29, 0.717) is 12.8 Å². The molecule has 2 heterocycles. The van der Waals surface area contributed by atoms with Gasteiger partial charge in [-0.25, -0.2) is 9.97 Å². The van der Waals surface area contributed by atoms with Crippen LogP contribution in [-0.4, -0.2) is 79.3 Å². The molecule has 1 aliphatic rings. The quantitative estimate of drug-likeness (QED) is 0.112. The van der Waals surface area contributed by atoms with Gasteiger partial charge in [-0.05, 0) is 89.1 Å². The Labute approximate surface area is 272 Å². The normalized spacial score (nSPS) is 15.1. The van der Waals surface area contributed by atoms with E-state index in [1.54, 1.807) is 13.4 Å². The fraction of sp³-hybridized carbons (Fsp3) is 0.457. The van der Waals surface area contributed by atoms with Gasteiger partial charge in [0.25, 0.3) is 0 Å². The van der Waals surface area contributed by atoms with Crippen LogP contribution >= 0.6 is 0 Å². The summed E-state index contributed by atoms with van der Waals surface area (Å²) in [4.78, 5) is 44.7. The van der Waals surface area contributed by atoms with Crippen molar-refractivity contribution in [1.82, 2.24) is 25.5 Å². The fourth-order valence-corrected chi connectivity index (χ4v) is 5.40. The number of methoxy groups -OCH3 is 1. The van der Waals surface area contributed by atoms with E-state index in [-0.39, 0.29) is 17.9 Å². The fourth-order valence-electron chi connectivity index (χ4n) is 5.40. The minimum absolute atomic E-state index is 0.0496. The molecule has 46 heavy (non-hydrogen) atoms. The zero-order valence-electron chi connectivity index (χ0n) is 27.2. The van der Waals surface area contributed by atoms with E-state index in [1.165, 1.54) is 0 Å². The number of ether oxygens (including phenoxy) is 1. The summed E-state index contributed by atoms with van der Waals surface area (Å²) >= 11 is 0. The third-order valence-electron chi connectivity index (χ3n) is 7.98. The van der Waals surface area contributed by atoms with E-state index in [2.05, 4.69) is 37.9 Å². The second kappa shape index (κ2) is 19.1. The second-order valence-electron chi connectivity index (χ2n) is 11.4. The number of rotatable bonds is 15. The number of likely N-dealkylation sites (N-methyl/N-ethyl adjacent to an activating group) is 2. The van der Waals surface area contributed by atoms with E-state index >= 15 is 0 Å². The number of carbonyl (C=O) groups is 3. The summed E-state index contributed by atoms with van der Waals surface area (Å²) in [5, 5.41) is 10.3. The monoisotopic (exact) mass is 629 g/mol. The van der Waals surface area contributed by atoms with Gasteiger partial charge in [0.15, 0.2) is 0 Å². The number of nitrogens with two attached hydrogens (primary N) is 1. The number of benzene rings is 2. The molecule has 0 bridgehead atoms. The van der Waals surface area contributed by atoms with Crippen molar-refractivity contribution in [1.29, 1.82) is 0 Å². The molecular weight excluding hydrogens is 582 g/mol. The molecule has 4 rings (SSSR count). The first-order valence-corrected chi connectivity index (χ1v) is 15.8. The van der Waals surface area contributed by atoms with E-state index < -0.39 is 6.04 Å². The first-order chi connectivity index (χ1) is 22.3. The number of aldehydes is 1. The zero-order chi connectivity index (χ0) is 33.3. The molecule has 1 aromatic heterocycles. The van der Waals surface area contributed by atoms with E-state index in [1.807, 2.05) is 49.3 Å². The lowest BCUT2D eigenvalue weighted by Crippen LogP contribution is -2.50. The smallest absolute Gasteiger partial charge is 0.237 e. The SMILES string of the molecule is C#Cc1cccc(Nc2ncnc3cc(OC)c(CCNC)cc23)c1.CN1CCCCC1C(=O)N[C@H](C=O)CCCCCC(N)=O. The predicted molar refractivity (Wildman–Crippen MR) is 182 cm³/mol. The van der Waals surface area contributed by atoms with Crippen LogP contribution in [0.3, 0.4) is 0 Å². The first-order valence-electron chi connectivity index (χ1n) is 15.8. The van der Waals surface area contributed by atoms with Crippen LogP contribution in [0.1, 0.15) is 62.5 Å². The molecule has 0 radical (unpaired) electrons. The number of hydrogen-bond donors (Lipinski definition) is 4. The summed E-state index contributed by atoms with van der Waals surface area (Å²) in [7, 11) is 5.56. The Kier molecular flexibility index (Phi) is 14.9. The number of unbranched alkanes of at least 4 members (excludes halogenated alkanes) is 2. The maximum absolute atomic E-state index is 12.2. The lowest BCUT2D eigenvalue weighted by molar-refractivity contribution is -0.129.